The first-order valence-electron chi connectivity index (χ1n) is 7.16. The molecule has 0 saturated carbocycles. The first-order valence-corrected chi connectivity index (χ1v) is 7.54. The molecule has 1 aromatic carbocycles. The molecule has 0 saturated heterocycles. The Labute approximate surface area is 139 Å². The third kappa shape index (κ3) is 5.37. The van der Waals surface area contributed by atoms with Crippen LogP contribution in [0.3, 0.4) is 0 Å². The molecule has 23 heavy (non-hydrogen) atoms. The van der Waals surface area contributed by atoms with Crippen LogP contribution in [-0.2, 0) is 22.7 Å². The number of nitrogens with zero attached hydrogens (tertiary/aromatic N) is 3. The molecule has 1 heterocycles. The zero-order valence-electron chi connectivity index (χ0n) is 12.9. The lowest BCUT2D eigenvalue weighted by atomic mass is 10.2. The Kier molecular flexibility index (Phi) is 5.70. The fraction of sp³-hybridized carbons (Fsp3) is 0.333. The molecule has 0 bridgehead atoms. The summed E-state index contributed by atoms with van der Waals surface area (Å²) in [6.07, 6.45) is 1.52. The van der Waals surface area contributed by atoms with Gasteiger partial charge < -0.3 is 10.6 Å². The third-order valence-electron chi connectivity index (χ3n) is 3.02. The van der Waals surface area contributed by atoms with Gasteiger partial charge in [0.25, 0.3) is 0 Å². The monoisotopic (exact) mass is 335 g/mol. The van der Waals surface area contributed by atoms with Crippen molar-refractivity contribution in [2.75, 3.05) is 5.32 Å². The number of nitrogens with one attached hydrogen (secondary N) is 2. The van der Waals surface area contributed by atoms with Crippen LogP contribution in [0.4, 0.5) is 5.82 Å². The number of amides is 2. The lowest BCUT2D eigenvalue weighted by Gasteiger charge is -2.05. The van der Waals surface area contributed by atoms with E-state index in [1.54, 1.807) is 26.0 Å². The van der Waals surface area contributed by atoms with Crippen LogP contribution in [0.2, 0.25) is 5.02 Å². The maximum absolute atomic E-state index is 11.9. The molecule has 122 valence electrons. The van der Waals surface area contributed by atoms with Gasteiger partial charge in [-0.15, -0.1) is 5.10 Å². The molecule has 0 spiro atoms. The van der Waals surface area contributed by atoms with Gasteiger partial charge in [0.2, 0.25) is 11.8 Å². The van der Waals surface area contributed by atoms with Gasteiger partial charge in [-0.2, -0.15) is 0 Å². The molecule has 0 aliphatic rings. The first kappa shape index (κ1) is 17.0. The highest BCUT2D eigenvalue weighted by Crippen LogP contribution is 2.09. The van der Waals surface area contributed by atoms with Crippen molar-refractivity contribution >= 4 is 29.2 Å². The number of carbonyl (C=O) groups excluding carboxylic acids is 2. The smallest absolute Gasteiger partial charge is 0.242 e. The zero-order valence-corrected chi connectivity index (χ0v) is 13.7. The van der Waals surface area contributed by atoms with Crippen molar-refractivity contribution in [2.45, 2.75) is 26.9 Å². The number of benzene rings is 1. The number of hydrogen-bond acceptors (Lipinski definition) is 4. The molecule has 2 rings (SSSR count). The first-order chi connectivity index (χ1) is 10.9. The highest BCUT2D eigenvalue weighted by molar-refractivity contribution is 6.30. The minimum atomic E-state index is -0.202. The summed E-state index contributed by atoms with van der Waals surface area (Å²) >= 11 is 5.80. The fourth-order valence-electron chi connectivity index (χ4n) is 1.71. The van der Waals surface area contributed by atoms with Gasteiger partial charge in [0, 0.05) is 17.5 Å². The van der Waals surface area contributed by atoms with Crippen LogP contribution in [0, 0.1) is 5.92 Å². The van der Waals surface area contributed by atoms with Crippen LogP contribution in [0.25, 0.3) is 0 Å². The SMILES string of the molecule is CC(C)C(=O)Nc1cn(CC(=O)NCc2ccc(Cl)cc2)nn1. The van der Waals surface area contributed by atoms with E-state index < -0.39 is 0 Å². The van der Waals surface area contributed by atoms with Crippen LogP contribution < -0.4 is 10.6 Å². The van der Waals surface area contributed by atoms with Crippen LogP contribution in [0.5, 0.6) is 0 Å². The van der Waals surface area contributed by atoms with Crippen LogP contribution in [0.1, 0.15) is 19.4 Å². The molecule has 0 aliphatic carbocycles. The van der Waals surface area contributed by atoms with E-state index in [2.05, 4.69) is 20.9 Å². The summed E-state index contributed by atoms with van der Waals surface area (Å²) in [5, 5.41) is 13.7. The Bertz CT molecular complexity index is 681. The summed E-state index contributed by atoms with van der Waals surface area (Å²) in [5.74, 6) is -0.173. The number of rotatable bonds is 6. The number of anilines is 1. The van der Waals surface area contributed by atoms with Gasteiger partial charge in [0.15, 0.2) is 5.82 Å². The van der Waals surface area contributed by atoms with E-state index in [1.807, 2.05) is 12.1 Å². The minimum absolute atomic E-state index is 0.0259. The van der Waals surface area contributed by atoms with Crippen molar-refractivity contribution in [1.29, 1.82) is 0 Å². The van der Waals surface area contributed by atoms with Gasteiger partial charge in [-0.3, -0.25) is 9.59 Å². The minimum Gasteiger partial charge on any atom is -0.350 e. The maximum atomic E-state index is 11.9. The Balaban J connectivity index is 1.82. The summed E-state index contributed by atoms with van der Waals surface area (Å²) in [6.45, 7) is 3.99. The molecule has 0 fully saturated rings. The largest absolute Gasteiger partial charge is 0.350 e. The molecule has 2 N–H and O–H groups in total. The van der Waals surface area contributed by atoms with Crippen molar-refractivity contribution in [3.63, 3.8) is 0 Å². The Morgan fingerprint density at radius 1 is 1.26 bits per heavy atom. The molecular weight excluding hydrogens is 318 g/mol. The topological polar surface area (TPSA) is 88.9 Å². The lowest BCUT2D eigenvalue weighted by molar-refractivity contribution is -0.122. The van der Waals surface area contributed by atoms with E-state index in [9.17, 15) is 9.59 Å². The molecular formula is C15H18ClN5O2. The van der Waals surface area contributed by atoms with Crippen molar-refractivity contribution in [1.82, 2.24) is 20.3 Å². The van der Waals surface area contributed by atoms with E-state index in [0.717, 1.165) is 5.56 Å². The van der Waals surface area contributed by atoms with E-state index in [-0.39, 0.29) is 24.3 Å². The van der Waals surface area contributed by atoms with Gasteiger partial charge in [0.05, 0.1) is 6.20 Å². The summed E-state index contributed by atoms with van der Waals surface area (Å²) in [4.78, 5) is 23.4. The van der Waals surface area contributed by atoms with E-state index >= 15 is 0 Å². The highest BCUT2D eigenvalue weighted by Gasteiger charge is 2.11. The summed E-state index contributed by atoms with van der Waals surface area (Å²) in [7, 11) is 0. The Morgan fingerprint density at radius 3 is 2.61 bits per heavy atom. The van der Waals surface area contributed by atoms with E-state index in [4.69, 9.17) is 11.6 Å². The summed E-state index contributed by atoms with van der Waals surface area (Å²) in [6, 6.07) is 7.23. The van der Waals surface area contributed by atoms with Crippen molar-refractivity contribution in [2.24, 2.45) is 5.92 Å². The Morgan fingerprint density at radius 2 is 1.96 bits per heavy atom. The molecule has 0 aliphatic heterocycles. The predicted octanol–water partition coefficient (Wildman–Crippen LogP) is 1.84. The van der Waals surface area contributed by atoms with Crippen LogP contribution in [0.15, 0.2) is 30.5 Å². The molecule has 7 nitrogen and oxygen atoms in total. The molecule has 0 atom stereocenters. The summed E-state index contributed by atoms with van der Waals surface area (Å²) in [5.41, 5.74) is 0.950. The average molecular weight is 336 g/mol. The summed E-state index contributed by atoms with van der Waals surface area (Å²) < 4.78 is 1.37. The van der Waals surface area contributed by atoms with E-state index in [1.165, 1.54) is 10.9 Å². The van der Waals surface area contributed by atoms with Crippen LogP contribution in [-0.4, -0.2) is 26.8 Å². The fourth-order valence-corrected chi connectivity index (χ4v) is 1.84. The molecule has 1 aromatic heterocycles. The molecule has 2 aromatic rings. The van der Waals surface area contributed by atoms with Gasteiger partial charge in [0.1, 0.15) is 6.54 Å². The maximum Gasteiger partial charge on any atom is 0.242 e. The molecule has 0 unspecified atom stereocenters. The second-order valence-corrected chi connectivity index (χ2v) is 5.78. The van der Waals surface area contributed by atoms with Gasteiger partial charge in [-0.1, -0.05) is 42.8 Å². The second kappa shape index (κ2) is 7.73. The van der Waals surface area contributed by atoms with Gasteiger partial charge >= 0.3 is 0 Å². The normalized spacial score (nSPS) is 10.6. The quantitative estimate of drug-likeness (QED) is 0.843. The van der Waals surface area contributed by atoms with Gasteiger partial charge in [-0.05, 0) is 17.7 Å². The number of aromatic nitrogens is 3. The van der Waals surface area contributed by atoms with Gasteiger partial charge in [-0.25, -0.2) is 4.68 Å². The molecule has 8 heteroatoms. The number of halogens is 1. The number of carbonyl (C=O) groups is 2. The van der Waals surface area contributed by atoms with E-state index in [0.29, 0.717) is 17.4 Å². The molecule has 2 amide bonds. The average Bonchev–Trinajstić information content (AvgIpc) is 2.93. The third-order valence-corrected chi connectivity index (χ3v) is 3.27. The van der Waals surface area contributed by atoms with Crippen LogP contribution >= 0.6 is 11.6 Å². The lowest BCUT2D eigenvalue weighted by Crippen LogP contribution is -2.27. The highest BCUT2D eigenvalue weighted by atomic mass is 35.5. The van der Waals surface area contributed by atoms with Crippen molar-refractivity contribution in [3.8, 4) is 0 Å². The second-order valence-electron chi connectivity index (χ2n) is 5.35. The molecule has 0 radical (unpaired) electrons. The Hall–Kier alpha value is -2.41. The zero-order chi connectivity index (χ0) is 16.8. The van der Waals surface area contributed by atoms with Crippen molar-refractivity contribution in [3.05, 3.63) is 41.0 Å². The number of hydrogen-bond donors (Lipinski definition) is 2. The van der Waals surface area contributed by atoms with Crippen molar-refractivity contribution < 1.29 is 9.59 Å². The standard InChI is InChI=1S/C15H18ClN5O2/c1-10(2)15(23)18-13-8-21(20-19-13)9-14(22)17-7-11-3-5-12(16)6-4-11/h3-6,8,10H,7,9H2,1-2H3,(H,17,22)(H,18,23). The predicted molar refractivity (Wildman–Crippen MR) is 86.8 cm³/mol.